The van der Waals surface area contributed by atoms with Crippen LogP contribution in [0.15, 0.2) is 0 Å². The highest BCUT2D eigenvalue weighted by Gasteiger charge is 2.24. The van der Waals surface area contributed by atoms with Crippen LogP contribution >= 0.6 is 15.6 Å². The van der Waals surface area contributed by atoms with Crippen molar-refractivity contribution in [1.29, 1.82) is 0 Å². The van der Waals surface area contributed by atoms with Gasteiger partial charge in [0, 0.05) is 25.7 Å². The van der Waals surface area contributed by atoms with E-state index in [1.165, 1.54) is 283 Å². The Labute approximate surface area is 640 Å². The molecule has 20 heteroatoms. The second-order valence-corrected chi connectivity index (χ2v) is 35.0. The summed E-state index contributed by atoms with van der Waals surface area (Å²) >= 11 is 0. The van der Waals surface area contributed by atoms with Gasteiger partial charge in [0.2, 0.25) is 0 Å². The molecule has 0 rings (SSSR count). The Balaban J connectivity index is 0. The predicted octanol–water partition coefficient (Wildman–Crippen LogP) is 22.8. The van der Waals surface area contributed by atoms with E-state index in [0.717, 1.165) is 64.2 Å². The fraction of sp³-hybridized carbons (Fsp3) is 0.952. The molecule has 0 aromatic carbocycles. The Morgan fingerprint density at radius 1 is 0.260 bits per heavy atom. The quantitative estimate of drug-likeness (QED) is 0.0181. The molecule has 0 aliphatic rings. The molecule has 0 radical (unpaired) electrons. The molecule has 0 N–H and O–H groups in total. The summed E-state index contributed by atoms with van der Waals surface area (Å²) in [6.07, 6.45) is 68.1. The molecule has 104 heavy (non-hydrogen) atoms. The molecular weight excluding hydrogens is 1350 g/mol. The van der Waals surface area contributed by atoms with Crippen LogP contribution < -0.4 is 9.79 Å². The van der Waals surface area contributed by atoms with E-state index in [1.807, 2.05) is 42.3 Å². The lowest BCUT2D eigenvalue weighted by Gasteiger charge is -2.28. The molecule has 0 saturated carbocycles. The molecule has 0 saturated heterocycles. The molecule has 0 spiro atoms. The number of carbonyl (C=O) groups excluding carboxylic acids is 4. The number of rotatable bonds is 80. The minimum absolute atomic E-state index is 0.0256. The average molecular weight is 1520 g/mol. The summed E-state index contributed by atoms with van der Waals surface area (Å²) in [4.78, 5) is 74.9. The van der Waals surface area contributed by atoms with E-state index in [9.17, 15) is 38.1 Å². The van der Waals surface area contributed by atoms with E-state index in [0.29, 0.717) is 34.9 Å². The van der Waals surface area contributed by atoms with E-state index in [2.05, 4.69) is 27.7 Å². The van der Waals surface area contributed by atoms with Crippen LogP contribution in [0.5, 0.6) is 0 Å². The van der Waals surface area contributed by atoms with Crippen molar-refractivity contribution in [3.05, 3.63) is 0 Å². The van der Waals surface area contributed by atoms with Gasteiger partial charge in [-0.3, -0.25) is 28.3 Å². The maximum absolute atomic E-state index is 12.7. The summed E-state index contributed by atoms with van der Waals surface area (Å²) in [6.45, 7) is 8.51. The van der Waals surface area contributed by atoms with Crippen LogP contribution in [-0.2, 0) is 65.4 Å². The lowest BCUT2D eigenvalue weighted by Crippen LogP contribution is -2.37. The lowest BCUT2D eigenvalue weighted by molar-refractivity contribution is -0.870. The van der Waals surface area contributed by atoms with Crippen LogP contribution in [0.3, 0.4) is 0 Å². The van der Waals surface area contributed by atoms with Gasteiger partial charge in [-0.15, -0.1) is 0 Å². The van der Waals surface area contributed by atoms with Crippen LogP contribution in [0.2, 0.25) is 0 Å². The monoisotopic (exact) mass is 1520 g/mol. The first-order chi connectivity index (χ1) is 50.0. The molecular formula is C84H168N2O16P2. The zero-order chi connectivity index (χ0) is 77.2. The number of likely N-dealkylation sites (N-methyl/N-ethyl adjacent to an activating group) is 2. The third kappa shape index (κ3) is 84.0. The second-order valence-electron chi connectivity index (χ2n) is 32.2. The molecule has 0 aromatic rings. The number of phosphoric ester groups is 2. The Kier molecular flexibility index (Phi) is 75.1. The minimum atomic E-state index is -4.62. The van der Waals surface area contributed by atoms with E-state index in [-0.39, 0.29) is 64.0 Å². The highest BCUT2D eigenvalue weighted by molar-refractivity contribution is 7.46. The van der Waals surface area contributed by atoms with Gasteiger partial charge >= 0.3 is 23.9 Å². The van der Waals surface area contributed by atoms with Gasteiger partial charge in [-0.05, 0) is 25.7 Å². The minimum Gasteiger partial charge on any atom is -0.756 e. The van der Waals surface area contributed by atoms with Gasteiger partial charge < -0.3 is 55.8 Å². The van der Waals surface area contributed by atoms with Gasteiger partial charge in [0.25, 0.3) is 15.6 Å². The maximum Gasteiger partial charge on any atom is 0.306 e. The Hall–Kier alpha value is -1.98. The SMILES string of the molecule is CCCCCCCCCCCCCCCC(=O)OC[C@H](COP(=O)([O-])OCC[N+](C)(C)C)OC(=O)CCCCCCCCCCCCCCC.CCCCCCCCCCCCCCCCCC(=O)OC[C@H](COP(=O)([O-])OCC[N+](C)(C)C)OC(=O)CCCCCCCCCCCCCCCCC. The molecule has 0 amide bonds. The fourth-order valence-corrected chi connectivity index (χ4v) is 13.8. The number of quaternary nitrogens is 2. The maximum atomic E-state index is 12.7. The molecule has 0 aliphatic carbocycles. The zero-order valence-electron chi connectivity index (χ0n) is 69.6. The van der Waals surface area contributed by atoms with Crippen LogP contribution in [0.1, 0.15) is 413 Å². The highest BCUT2D eigenvalue weighted by atomic mass is 31.2. The Morgan fingerprint density at radius 3 is 0.615 bits per heavy atom. The van der Waals surface area contributed by atoms with Crippen molar-refractivity contribution in [3.63, 3.8) is 0 Å². The Bertz CT molecular complexity index is 2010. The number of esters is 4. The molecule has 2 unspecified atom stereocenters. The summed E-state index contributed by atoms with van der Waals surface area (Å²) in [5, 5.41) is 0. The number of hydrogen-bond acceptors (Lipinski definition) is 16. The first kappa shape index (κ1) is 104. The Morgan fingerprint density at radius 2 is 0.433 bits per heavy atom. The first-order valence-electron chi connectivity index (χ1n) is 43.5. The van der Waals surface area contributed by atoms with E-state index in [4.69, 9.17) is 37.0 Å². The van der Waals surface area contributed by atoms with Crippen molar-refractivity contribution in [2.75, 3.05) is 95.0 Å². The average Bonchev–Trinajstić information content (AvgIpc) is 0.914. The molecule has 0 heterocycles. The molecule has 0 fully saturated rings. The van der Waals surface area contributed by atoms with Crippen molar-refractivity contribution in [3.8, 4) is 0 Å². The standard InChI is InChI=1S/C44H88NO8P.C40H80NO8P/c1-6-8-10-12-14-16-18-20-22-24-26-28-30-32-34-36-43(46)50-40-42(41-52-54(48,49)51-39-38-45(3,4)5)53-44(47)37-35-33-31-29-27-25-23-21-19-17-15-13-11-9-7-2;1-6-8-10-12-14-16-18-20-22-24-26-28-30-32-39(42)46-36-38(37-48-50(44,45)47-35-34-41(3,4)5)49-40(43)33-31-29-27-25-23-21-19-17-15-13-11-9-7-2/h42H,6-41H2,1-5H3;38H,6-37H2,1-5H3/t42-;38-/m11/s1. The normalized spacial score (nSPS) is 13.6. The van der Waals surface area contributed by atoms with E-state index >= 15 is 0 Å². The number of ether oxygens (including phenoxy) is 4. The molecule has 0 aromatic heterocycles. The molecule has 620 valence electrons. The molecule has 0 bridgehead atoms. The van der Waals surface area contributed by atoms with E-state index < -0.39 is 53.0 Å². The van der Waals surface area contributed by atoms with Gasteiger partial charge in [-0.2, -0.15) is 0 Å². The predicted molar refractivity (Wildman–Crippen MR) is 426 cm³/mol. The summed E-state index contributed by atoms with van der Waals surface area (Å²) < 4.78 is 67.7. The zero-order valence-corrected chi connectivity index (χ0v) is 71.3. The largest absolute Gasteiger partial charge is 0.756 e. The molecule has 18 nitrogen and oxygen atoms in total. The van der Waals surface area contributed by atoms with Crippen LogP contribution in [-0.4, -0.2) is 140 Å². The van der Waals surface area contributed by atoms with Crippen molar-refractivity contribution >= 4 is 39.5 Å². The van der Waals surface area contributed by atoms with Crippen LogP contribution in [0.25, 0.3) is 0 Å². The van der Waals surface area contributed by atoms with Gasteiger partial charge in [-0.1, -0.05) is 362 Å². The van der Waals surface area contributed by atoms with Gasteiger partial charge in [0.05, 0.1) is 55.5 Å². The molecule has 0 aliphatic heterocycles. The van der Waals surface area contributed by atoms with Crippen molar-refractivity contribution < 1.29 is 84.1 Å². The summed E-state index contributed by atoms with van der Waals surface area (Å²) in [6, 6.07) is 0. The number of carbonyl (C=O) groups is 4. The van der Waals surface area contributed by atoms with Crippen molar-refractivity contribution in [2.45, 2.75) is 425 Å². The summed E-state index contributed by atoms with van der Waals surface area (Å²) in [5.41, 5.74) is 0. The first-order valence-corrected chi connectivity index (χ1v) is 46.4. The lowest BCUT2D eigenvalue weighted by atomic mass is 10.0. The third-order valence-electron chi connectivity index (χ3n) is 19.3. The number of unbranched alkanes of at least 4 members (excludes halogenated alkanes) is 52. The van der Waals surface area contributed by atoms with Crippen molar-refractivity contribution in [2.24, 2.45) is 0 Å². The van der Waals surface area contributed by atoms with Crippen molar-refractivity contribution in [1.82, 2.24) is 0 Å². The van der Waals surface area contributed by atoms with Crippen LogP contribution in [0, 0.1) is 0 Å². The second kappa shape index (κ2) is 75.1. The number of phosphoric acid groups is 2. The number of nitrogens with zero attached hydrogens (tertiary/aromatic N) is 2. The van der Waals surface area contributed by atoms with E-state index in [1.54, 1.807) is 0 Å². The van der Waals surface area contributed by atoms with Gasteiger partial charge in [-0.25, -0.2) is 0 Å². The summed E-state index contributed by atoms with van der Waals surface area (Å²) in [5.74, 6) is -1.64. The third-order valence-corrected chi connectivity index (χ3v) is 21.2. The highest BCUT2D eigenvalue weighted by Crippen LogP contribution is 2.39. The topological polar surface area (TPSA) is 222 Å². The van der Waals surface area contributed by atoms with Gasteiger partial charge in [0.1, 0.15) is 39.5 Å². The molecule has 4 atom stereocenters. The smallest absolute Gasteiger partial charge is 0.306 e. The number of hydrogen-bond donors (Lipinski definition) is 0. The van der Waals surface area contributed by atoms with Gasteiger partial charge in [0.15, 0.2) is 12.2 Å². The fourth-order valence-electron chi connectivity index (χ4n) is 12.4. The van der Waals surface area contributed by atoms with Crippen LogP contribution in [0.4, 0.5) is 0 Å². The summed E-state index contributed by atoms with van der Waals surface area (Å²) in [7, 11) is 2.36.